The molecule has 0 fully saturated rings. The summed E-state index contributed by atoms with van der Waals surface area (Å²) in [7, 11) is 5.95. The van der Waals surface area contributed by atoms with Crippen LogP contribution in [-0.4, -0.2) is 35.3 Å². The lowest BCUT2D eigenvalue weighted by atomic mass is 9.50. The average Bonchev–Trinajstić information content (AvgIpc) is 3.24. The zero-order valence-electron chi connectivity index (χ0n) is 35.4. The Morgan fingerprint density at radius 1 is 0.456 bits per heavy atom. The minimum Gasteiger partial charge on any atom is -0.497 e. The van der Waals surface area contributed by atoms with Crippen molar-refractivity contribution in [2.45, 2.75) is 90.3 Å². The molecule has 0 bridgehead atoms. The van der Waals surface area contributed by atoms with Gasteiger partial charge in [0.1, 0.15) is 30.8 Å². The summed E-state index contributed by atoms with van der Waals surface area (Å²) in [5, 5.41) is 0. The molecule has 0 radical (unpaired) electrons. The molecule has 4 aliphatic rings. The molecular formula is C52H61BO4. The topological polar surface area (TPSA) is 36.9 Å². The lowest BCUT2D eigenvalue weighted by Gasteiger charge is -2.54. The fraction of sp³-hybridized carbons (Fsp3) is 0.423. The smallest absolute Gasteiger partial charge is 0.119 e. The highest BCUT2D eigenvalue weighted by Crippen LogP contribution is 2.66. The molecule has 0 saturated carbocycles. The van der Waals surface area contributed by atoms with Crippen LogP contribution in [0.3, 0.4) is 0 Å². The molecule has 4 aliphatic carbocycles. The molecular weight excluding hydrogens is 699 g/mol. The number of ether oxygens (including phenoxy) is 4. The fourth-order valence-corrected chi connectivity index (χ4v) is 11.7. The minimum atomic E-state index is 0.128. The first-order valence-corrected chi connectivity index (χ1v) is 21.8. The minimum absolute atomic E-state index is 0.128. The highest BCUT2D eigenvalue weighted by atomic mass is 16.5. The van der Waals surface area contributed by atoms with Crippen molar-refractivity contribution in [3.05, 3.63) is 153 Å². The van der Waals surface area contributed by atoms with Crippen LogP contribution in [0.15, 0.2) is 131 Å². The molecule has 0 aliphatic heterocycles. The predicted molar refractivity (Wildman–Crippen MR) is 236 cm³/mol. The van der Waals surface area contributed by atoms with Gasteiger partial charge in [-0.1, -0.05) is 103 Å². The molecule has 5 heteroatoms. The van der Waals surface area contributed by atoms with Crippen LogP contribution in [0.2, 0.25) is 6.32 Å². The van der Waals surface area contributed by atoms with Crippen molar-refractivity contribution in [3.8, 4) is 23.0 Å². The van der Waals surface area contributed by atoms with Crippen molar-refractivity contribution in [1.82, 2.24) is 0 Å². The van der Waals surface area contributed by atoms with E-state index < -0.39 is 0 Å². The molecule has 4 aromatic rings. The second-order valence-corrected chi connectivity index (χ2v) is 16.9. The standard InChI is InChI=1S/C52H61BO4/c1-8-56-41-24-13-35(14-25-41)44-29-19-38(30-53)47-33(5)46-32(4)45-31(3)10-28-43(34-11-20-39(54-6)21-12-34)50(45)48(37-17-26-42(27-18-37)57-9-2)52(46)49(51(44)47)36-15-22-40(55-7)23-16-36/h11-18,20-27,31-33,38,43-44,48-49H,8-10,19,28-30,53H2,1-7H3. The lowest BCUT2D eigenvalue weighted by molar-refractivity contribution is 0.340. The fourth-order valence-electron chi connectivity index (χ4n) is 11.7. The van der Waals surface area contributed by atoms with Crippen LogP contribution in [0, 0.1) is 23.7 Å². The van der Waals surface area contributed by atoms with E-state index >= 15 is 0 Å². The van der Waals surface area contributed by atoms with Crippen LogP contribution in [-0.2, 0) is 0 Å². The summed E-state index contributed by atoms with van der Waals surface area (Å²) in [6.07, 6.45) is 5.86. The molecule has 8 atom stereocenters. The highest BCUT2D eigenvalue weighted by Gasteiger charge is 2.51. The van der Waals surface area contributed by atoms with Gasteiger partial charge < -0.3 is 18.9 Å². The van der Waals surface area contributed by atoms with Crippen LogP contribution >= 0.6 is 0 Å². The van der Waals surface area contributed by atoms with Crippen molar-refractivity contribution in [2.75, 3.05) is 27.4 Å². The second kappa shape index (κ2) is 16.7. The number of benzene rings is 4. The van der Waals surface area contributed by atoms with E-state index in [0.29, 0.717) is 48.7 Å². The Balaban J connectivity index is 1.41. The normalized spacial score (nSPS) is 27.0. The summed E-state index contributed by atoms with van der Waals surface area (Å²) in [4.78, 5) is 0. The summed E-state index contributed by atoms with van der Waals surface area (Å²) >= 11 is 0. The van der Waals surface area contributed by atoms with Crippen molar-refractivity contribution in [3.63, 3.8) is 0 Å². The number of methoxy groups -OCH3 is 2. The first-order valence-electron chi connectivity index (χ1n) is 21.8. The zero-order valence-corrected chi connectivity index (χ0v) is 35.4. The van der Waals surface area contributed by atoms with Gasteiger partial charge in [-0.2, -0.15) is 0 Å². The van der Waals surface area contributed by atoms with E-state index in [1.165, 1.54) is 35.1 Å². The molecule has 8 unspecified atom stereocenters. The van der Waals surface area contributed by atoms with Gasteiger partial charge in [0, 0.05) is 23.7 Å². The number of rotatable bonds is 11. The van der Waals surface area contributed by atoms with E-state index in [1.807, 2.05) is 0 Å². The molecule has 4 nitrogen and oxygen atoms in total. The van der Waals surface area contributed by atoms with E-state index in [-0.39, 0.29) is 11.8 Å². The van der Waals surface area contributed by atoms with Gasteiger partial charge in [0.05, 0.1) is 27.4 Å². The summed E-state index contributed by atoms with van der Waals surface area (Å²) in [6.45, 7) is 13.1. The SMILES string of the molecule is BCC1CCC(c2ccc(OCC)cc2)C2=C1C(C)C1=C(C(c3ccc(OCC)cc3)C3=C(C(C)CCC3c3ccc(OC)cc3)C1C)C2c1ccc(OC)cc1. The Hall–Kier alpha value is -4.64. The Bertz CT molecular complexity index is 2130. The highest BCUT2D eigenvalue weighted by molar-refractivity contribution is 6.08. The molecule has 0 N–H and O–H groups in total. The van der Waals surface area contributed by atoms with Crippen molar-refractivity contribution in [1.29, 1.82) is 0 Å². The zero-order chi connectivity index (χ0) is 39.8. The predicted octanol–water partition coefficient (Wildman–Crippen LogP) is 12.0. The maximum Gasteiger partial charge on any atom is 0.119 e. The monoisotopic (exact) mass is 760 g/mol. The molecule has 0 spiro atoms. The molecule has 8 rings (SSSR count). The molecule has 0 heterocycles. The third-order valence-electron chi connectivity index (χ3n) is 14.1. The number of hydrogen-bond donors (Lipinski definition) is 0. The maximum absolute atomic E-state index is 6.05. The third kappa shape index (κ3) is 7.04. The van der Waals surface area contributed by atoms with E-state index in [9.17, 15) is 0 Å². The van der Waals surface area contributed by atoms with Crippen molar-refractivity contribution in [2.24, 2.45) is 23.7 Å². The van der Waals surface area contributed by atoms with E-state index in [2.05, 4.69) is 140 Å². The number of allylic oxidation sites excluding steroid dienone is 6. The first kappa shape index (κ1) is 39.2. The summed E-state index contributed by atoms with van der Waals surface area (Å²) in [6, 6.07) is 36.3. The van der Waals surface area contributed by atoms with Gasteiger partial charge in [0.25, 0.3) is 0 Å². The van der Waals surface area contributed by atoms with Crippen LogP contribution < -0.4 is 18.9 Å². The molecule has 0 amide bonds. The maximum atomic E-state index is 6.05. The van der Waals surface area contributed by atoms with Crippen LogP contribution in [0.25, 0.3) is 0 Å². The van der Waals surface area contributed by atoms with Gasteiger partial charge >= 0.3 is 0 Å². The molecule has 0 aromatic heterocycles. The van der Waals surface area contributed by atoms with Gasteiger partial charge in [-0.3, -0.25) is 0 Å². The summed E-state index contributed by atoms with van der Waals surface area (Å²) in [5.74, 6) is 6.33. The van der Waals surface area contributed by atoms with E-state index in [1.54, 1.807) is 47.7 Å². The first-order chi connectivity index (χ1) is 27.8. The quantitative estimate of drug-likeness (QED) is 0.113. The largest absolute Gasteiger partial charge is 0.497 e. The summed E-state index contributed by atoms with van der Waals surface area (Å²) in [5.41, 5.74) is 15.5. The Labute approximate surface area is 342 Å². The second-order valence-electron chi connectivity index (χ2n) is 16.9. The van der Waals surface area contributed by atoms with Crippen LogP contribution in [0.4, 0.5) is 0 Å². The van der Waals surface area contributed by atoms with E-state index in [0.717, 1.165) is 42.2 Å². The molecule has 296 valence electrons. The van der Waals surface area contributed by atoms with Gasteiger partial charge in [-0.15, -0.1) is 0 Å². The van der Waals surface area contributed by atoms with Crippen molar-refractivity contribution >= 4 is 7.85 Å². The Kier molecular flexibility index (Phi) is 11.5. The van der Waals surface area contributed by atoms with Crippen LogP contribution in [0.1, 0.15) is 106 Å². The molecule has 57 heavy (non-hydrogen) atoms. The molecule has 0 saturated heterocycles. The third-order valence-corrected chi connectivity index (χ3v) is 14.1. The van der Waals surface area contributed by atoms with Gasteiger partial charge in [0.2, 0.25) is 0 Å². The number of hydrogen-bond acceptors (Lipinski definition) is 4. The van der Waals surface area contributed by atoms with Gasteiger partial charge in [-0.05, 0) is 140 Å². The molecule has 4 aromatic carbocycles. The summed E-state index contributed by atoms with van der Waals surface area (Å²) < 4.78 is 23.4. The average molecular weight is 761 g/mol. The van der Waals surface area contributed by atoms with Gasteiger partial charge in [0.15, 0.2) is 0 Å². The Morgan fingerprint density at radius 3 is 1.30 bits per heavy atom. The van der Waals surface area contributed by atoms with E-state index in [4.69, 9.17) is 18.9 Å². The Morgan fingerprint density at radius 2 is 0.860 bits per heavy atom. The van der Waals surface area contributed by atoms with Gasteiger partial charge in [-0.25, -0.2) is 0 Å². The lowest BCUT2D eigenvalue weighted by Crippen LogP contribution is -2.39. The van der Waals surface area contributed by atoms with Crippen LogP contribution in [0.5, 0.6) is 23.0 Å². The van der Waals surface area contributed by atoms with Crippen molar-refractivity contribution < 1.29 is 18.9 Å².